The minimum atomic E-state index is -0.379. The van der Waals surface area contributed by atoms with Gasteiger partial charge < -0.3 is 10.1 Å². The molecule has 2 aromatic rings. The van der Waals surface area contributed by atoms with Crippen LogP contribution in [0.4, 0.5) is 4.79 Å². The highest BCUT2D eigenvalue weighted by Crippen LogP contribution is 2.25. The van der Waals surface area contributed by atoms with Crippen LogP contribution in [0.25, 0.3) is 6.08 Å². The molecule has 1 fully saturated rings. The van der Waals surface area contributed by atoms with E-state index in [0.717, 1.165) is 20.4 Å². The Labute approximate surface area is 179 Å². The lowest BCUT2D eigenvalue weighted by Gasteiger charge is -2.09. The fraction of sp³-hybridized carbons (Fsp3) is 0.158. The van der Waals surface area contributed by atoms with Gasteiger partial charge in [0.1, 0.15) is 18.1 Å². The van der Waals surface area contributed by atoms with E-state index >= 15 is 0 Å². The second-order valence-electron chi connectivity index (χ2n) is 5.64. The van der Waals surface area contributed by atoms with Gasteiger partial charge in [0.05, 0.1) is 3.57 Å². The molecule has 3 rings (SSSR count). The predicted octanol–water partition coefficient (Wildman–Crippen LogP) is 4.39. The van der Waals surface area contributed by atoms with E-state index in [1.165, 1.54) is 8.47 Å². The van der Waals surface area contributed by atoms with Gasteiger partial charge in [0.15, 0.2) is 0 Å². The molecule has 0 saturated carbocycles. The first kappa shape index (κ1) is 19.2. The van der Waals surface area contributed by atoms with E-state index in [9.17, 15) is 9.59 Å². The molecule has 1 N–H and O–H groups in total. The molecular formula is C19H16I2N2O3. The fourth-order valence-corrected chi connectivity index (χ4v) is 3.55. The normalized spacial score (nSPS) is 15.5. The van der Waals surface area contributed by atoms with Crippen LogP contribution in [-0.2, 0) is 11.4 Å². The third-order valence-electron chi connectivity index (χ3n) is 3.85. The largest absolute Gasteiger partial charge is 0.488 e. The standard InChI is InChI=1S/C19H16I2N2O3/c1-2-23-18(24)16(22-19(23)25)10-13-5-8-17(15(21)9-13)26-11-12-3-6-14(20)7-4-12/h3-10H,2,11H2,1H3,(H,22,25)/b16-10+. The summed E-state index contributed by atoms with van der Waals surface area (Å²) in [4.78, 5) is 25.0. The molecule has 1 aliphatic heterocycles. The number of carbonyl (C=O) groups is 2. The molecule has 1 saturated heterocycles. The van der Waals surface area contributed by atoms with Crippen LogP contribution >= 0.6 is 45.2 Å². The average Bonchev–Trinajstić information content (AvgIpc) is 2.88. The molecule has 0 radical (unpaired) electrons. The lowest BCUT2D eigenvalue weighted by Crippen LogP contribution is -2.30. The minimum absolute atomic E-state index is 0.292. The van der Waals surface area contributed by atoms with Crippen LogP contribution < -0.4 is 10.1 Å². The van der Waals surface area contributed by atoms with Crippen molar-refractivity contribution in [3.8, 4) is 5.75 Å². The maximum atomic E-state index is 12.1. The van der Waals surface area contributed by atoms with E-state index in [0.29, 0.717) is 18.8 Å². The van der Waals surface area contributed by atoms with E-state index in [1.54, 1.807) is 13.0 Å². The maximum Gasteiger partial charge on any atom is 0.328 e. The molecular weight excluding hydrogens is 558 g/mol. The number of amides is 3. The summed E-state index contributed by atoms with van der Waals surface area (Å²) in [5, 5.41) is 2.60. The van der Waals surface area contributed by atoms with Gasteiger partial charge in [-0.3, -0.25) is 9.69 Å². The molecule has 7 heteroatoms. The van der Waals surface area contributed by atoms with E-state index < -0.39 is 0 Å². The highest BCUT2D eigenvalue weighted by atomic mass is 127. The van der Waals surface area contributed by atoms with Crippen LogP contribution in [0, 0.1) is 7.14 Å². The van der Waals surface area contributed by atoms with Crippen molar-refractivity contribution in [1.29, 1.82) is 0 Å². The quantitative estimate of drug-likeness (QED) is 0.328. The Morgan fingerprint density at radius 1 is 1.12 bits per heavy atom. The Kier molecular flexibility index (Phi) is 6.17. The van der Waals surface area contributed by atoms with Gasteiger partial charge in [0.25, 0.3) is 5.91 Å². The molecule has 0 bridgehead atoms. The number of ether oxygens (including phenoxy) is 1. The molecule has 26 heavy (non-hydrogen) atoms. The maximum absolute atomic E-state index is 12.1. The number of hydrogen-bond acceptors (Lipinski definition) is 3. The molecule has 0 unspecified atom stereocenters. The minimum Gasteiger partial charge on any atom is -0.488 e. The molecule has 0 aromatic heterocycles. The number of nitrogens with zero attached hydrogens (tertiary/aromatic N) is 1. The van der Waals surface area contributed by atoms with Gasteiger partial charge in [-0.15, -0.1) is 0 Å². The molecule has 3 amide bonds. The number of benzene rings is 2. The summed E-state index contributed by atoms with van der Waals surface area (Å²) in [6.45, 7) is 2.61. The summed E-state index contributed by atoms with van der Waals surface area (Å²) in [6.07, 6.45) is 1.68. The number of imide groups is 1. The Morgan fingerprint density at radius 2 is 1.85 bits per heavy atom. The monoisotopic (exact) mass is 574 g/mol. The zero-order valence-electron chi connectivity index (χ0n) is 14.0. The van der Waals surface area contributed by atoms with Gasteiger partial charge in [0, 0.05) is 10.1 Å². The Balaban J connectivity index is 1.71. The summed E-state index contributed by atoms with van der Waals surface area (Å²) in [5.41, 5.74) is 2.23. The number of likely N-dealkylation sites (N-methyl/N-ethyl adjacent to an activating group) is 1. The van der Waals surface area contributed by atoms with E-state index in [-0.39, 0.29) is 11.9 Å². The van der Waals surface area contributed by atoms with Gasteiger partial charge in [-0.05, 0) is 93.6 Å². The van der Waals surface area contributed by atoms with Crippen molar-refractivity contribution in [2.75, 3.05) is 6.54 Å². The Hall–Kier alpha value is -1.62. The number of carbonyl (C=O) groups excluding carboxylic acids is 2. The second kappa shape index (κ2) is 8.38. The zero-order chi connectivity index (χ0) is 18.7. The van der Waals surface area contributed by atoms with Gasteiger partial charge in [-0.1, -0.05) is 18.2 Å². The van der Waals surface area contributed by atoms with Crippen molar-refractivity contribution < 1.29 is 14.3 Å². The van der Waals surface area contributed by atoms with Crippen LogP contribution in [0.1, 0.15) is 18.1 Å². The molecule has 0 spiro atoms. The average molecular weight is 574 g/mol. The highest BCUT2D eigenvalue weighted by molar-refractivity contribution is 14.1. The summed E-state index contributed by atoms with van der Waals surface area (Å²) in [5.74, 6) is 0.481. The van der Waals surface area contributed by atoms with Gasteiger partial charge in [-0.2, -0.15) is 0 Å². The Bertz CT molecular complexity index is 879. The van der Waals surface area contributed by atoms with Crippen LogP contribution in [-0.4, -0.2) is 23.4 Å². The van der Waals surface area contributed by atoms with Crippen molar-refractivity contribution in [2.24, 2.45) is 0 Å². The lowest BCUT2D eigenvalue weighted by molar-refractivity contribution is -0.122. The van der Waals surface area contributed by atoms with Gasteiger partial charge >= 0.3 is 6.03 Å². The van der Waals surface area contributed by atoms with Crippen molar-refractivity contribution >= 4 is 63.2 Å². The van der Waals surface area contributed by atoms with E-state index in [2.05, 4.69) is 50.5 Å². The molecule has 1 aliphatic rings. The molecule has 1 heterocycles. The predicted molar refractivity (Wildman–Crippen MR) is 117 cm³/mol. The number of rotatable bonds is 5. The van der Waals surface area contributed by atoms with Crippen molar-refractivity contribution in [1.82, 2.24) is 10.2 Å². The number of urea groups is 1. The highest BCUT2D eigenvalue weighted by Gasteiger charge is 2.31. The lowest BCUT2D eigenvalue weighted by atomic mass is 10.2. The number of hydrogen-bond donors (Lipinski definition) is 1. The first-order valence-electron chi connectivity index (χ1n) is 7.99. The third-order valence-corrected chi connectivity index (χ3v) is 5.42. The van der Waals surface area contributed by atoms with Gasteiger partial charge in [0.2, 0.25) is 0 Å². The molecule has 134 valence electrons. The first-order valence-corrected chi connectivity index (χ1v) is 10.1. The topological polar surface area (TPSA) is 58.6 Å². The molecule has 5 nitrogen and oxygen atoms in total. The summed E-state index contributed by atoms with van der Waals surface area (Å²) < 4.78 is 8.01. The number of halogens is 2. The molecule has 2 aromatic carbocycles. The van der Waals surface area contributed by atoms with Crippen LogP contribution in [0.15, 0.2) is 48.2 Å². The Morgan fingerprint density at radius 3 is 2.46 bits per heavy atom. The SMILES string of the molecule is CCN1C(=O)N/C(=C/c2ccc(OCc3ccc(I)cc3)c(I)c2)C1=O. The molecule has 0 atom stereocenters. The zero-order valence-corrected chi connectivity index (χ0v) is 18.3. The first-order chi connectivity index (χ1) is 12.5. The summed E-state index contributed by atoms with van der Waals surface area (Å²) in [6, 6.07) is 13.5. The summed E-state index contributed by atoms with van der Waals surface area (Å²) >= 11 is 4.47. The second-order valence-corrected chi connectivity index (χ2v) is 8.05. The van der Waals surface area contributed by atoms with Crippen LogP contribution in [0.3, 0.4) is 0 Å². The van der Waals surface area contributed by atoms with Crippen molar-refractivity contribution in [3.05, 3.63) is 66.4 Å². The smallest absolute Gasteiger partial charge is 0.328 e. The number of nitrogens with one attached hydrogen (secondary N) is 1. The fourth-order valence-electron chi connectivity index (χ4n) is 2.49. The van der Waals surface area contributed by atoms with Gasteiger partial charge in [-0.25, -0.2) is 4.79 Å². The summed E-state index contributed by atoms with van der Waals surface area (Å²) in [7, 11) is 0. The molecule has 0 aliphatic carbocycles. The van der Waals surface area contributed by atoms with Crippen LogP contribution in [0.2, 0.25) is 0 Å². The third kappa shape index (κ3) is 4.37. The van der Waals surface area contributed by atoms with E-state index in [1.807, 2.05) is 42.5 Å². The van der Waals surface area contributed by atoms with Crippen LogP contribution in [0.5, 0.6) is 5.75 Å². The van der Waals surface area contributed by atoms with Crippen molar-refractivity contribution in [2.45, 2.75) is 13.5 Å². The van der Waals surface area contributed by atoms with Crippen molar-refractivity contribution in [3.63, 3.8) is 0 Å². The van der Waals surface area contributed by atoms with E-state index in [4.69, 9.17) is 4.74 Å².